The van der Waals surface area contributed by atoms with E-state index >= 15 is 0 Å². The summed E-state index contributed by atoms with van der Waals surface area (Å²) in [5.74, 6) is -0.335. The van der Waals surface area contributed by atoms with Crippen molar-refractivity contribution in [3.05, 3.63) is 29.0 Å². The zero-order chi connectivity index (χ0) is 15.4. The summed E-state index contributed by atoms with van der Waals surface area (Å²) in [7, 11) is 0. The van der Waals surface area contributed by atoms with Crippen LogP contribution in [0, 0.1) is 5.82 Å². The monoisotopic (exact) mass is 314 g/mol. The van der Waals surface area contributed by atoms with Gasteiger partial charge in [-0.15, -0.1) is 0 Å². The Labute approximate surface area is 129 Å². The molecule has 0 aliphatic carbocycles. The standard InChI is InChI=1S/C15H20ClFN2O2/c1-9-13(4-3-7-18-9)19-15(20)10(2)21-14-6-5-11(17)8-12(14)16/h5-6,8-10,13,18H,3-4,7H2,1-2H3,(H,19,20). The van der Waals surface area contributed by atoms with Crippen molar-refractivity contribution in [2.45, 2.75) is 44.9 Å². The molecule has 116 valence electrons. The van der Waals surface area contributed by atoms with Crippen molar-refractivity contribution in [3.63, 3.8) is 0 Å². The maximum absolute atomic E-state index is 13.0. The summed E-state index contributed by atoms with van der Waals surface area (Å²) in [6, 6.07) is 4.17. The van der Waals surface area contributed by atoms with Crippen molar-refractivity contribution < 1.29 is 13.9 Å². The van der Waals surface area contributed by atoms with Gasteiger partial charge >= 0.3 is 0 Å². The second kappa shape index (κ2) is 7.09. The molecule has 6 heteroatoms. The summed E-state index contributed by atoms with van der Waals surface area (Å²) < 4.78 is 18.5. The topological polar surface area (TPSA) is 50.4 Å². The van der Waals surface area contributed by atoms with E-state index in [1.54, 1.807) is 6.92 Å². The van der Waals surface area contributed by atoms with Gasteiger partial charge in [-0.2, -0.15) is 0 Å². The molecule has 0 radical (unpaired) electrons. The Morgan fingerprint density at radius 3 is 3.00 bits per heavy atom. The molecule has 1 aliphatic heterocycles. The van der Waals surface area contributed by atoms with E-state index in [4.69, 9.17) is 16.3 Å². The number of carbonyl (C=O) groups excluding carboxylic acids is 1. The first-order valence-electron chi connectivity index (χ1n) is 7.13. The largest absolute Gasteiger partial charge is 0.479 e. The Morgan fingerprint density at radius 1 is 1.57 bits per heavy atom. The normalized spacial score (nSPS) is 23.4. The molecule has 2 rings (SSSR count). The first-order valence-corrected chi connectivity index (χ1v) is 7.50. The van der Waals surface area contributed by atoms with Crippen LogP contribution in [0.4, 0.5) is 4.39 Å². The van der Waals surface area contributed by atoms with Gasteiger partial charge in [-0.1, -0.05) is 11.6 Å². The number of hydrogen-bond donors (Lipinski definition) is 2. The number of hydrogen-bond acceptors (Lipinski definition) is 3. The molecule has 1 aromatic rings. The van der Waals surface area contributed by atoms with E-state index in [9.17, 15) is 9.18 Å². The van der Waals surface area contributed by atoms with Crippen molar-refractivity contribution in [3.8, 4) is 5.75 Å². The van der Waals surface area contributed by atoms with Crippen LogP contribution in [-0.4, -0.2) is 30.6 Å². The van der Waals surface area contributed by atoms with Gasteiger partial charge in [0.1, 0.15) is 11.6 Å². The van der Waals surface area contributed by atoms with E-state index in [-0.39, 0.29) is 23.0 Å². The fourth-order valence-electron chi connectivity index (χ4n) is 2.36. The van der Waals surface area contributed by atoms with Gasteiger partial charge in [0, 0.05) is 12.1 Å². The lowest BCUT2D eigenvalue weighted by atomic mass is 10.00. The van der Waals surface area contributed by atoms with Gasteiger partial charge in [-0.25, -0.2) is 4.39 Å². The van der Waals surface area contributed by atoms with E-state index in [1.165, 1.54) is 12.1 Å². The Morgan fingerprint density at radius 2 is 2.33 bits per heavy atom. The highest BCUT2D eigenvalue weighted by atomic mass is 35.5. The van der Waals surface area contributed by atoms with Crippen LogP contribution in [0.5, 0.6) is 5.75 Å². The molecule has 1 heterocycles. The highest BCUT2D eigenvalue weighted by Crippen LogP contribution is 2.25. The summed E-state index contributed by atoms with van der Waals surface area (Å²) >= 11 is 5.89. The summed E-state index contributed by atoms with van der Waals surface area (Å²) in [5.41, 5.74) is 0. The lowest BCUT2D eigenvalue weighted by Crippen LogP contribution is -2.54. The van der Waals surface area contributed by atoms with Crippen LogP contribution in [0.25, 0.3) is 0 Å². The van der Waals surface area contributed by atoms with E-state index in [1.807, 2.05) is 6.92 Å². The van der Waals surface area contributed by atoms with Crippen LogP contribution in [0.2, 0.25) is 5.02 Å². The average Bonchev–Trinajstić information content (AvgIpc) is 2.44. The molecular formula is C15H20ClFN2O2. The van der Waals surface area contributed by atoms with Crippen LogP contribution in [0.1, 0.15) is 26.7 Å². The van der Waals surface area contributed by atoms with Gasteiger partial charge < -0.3 is 15.4 Å². The van der Waals surface area contributed by atoms with Gasteiger partial charge in [0.25, 0.3) is 5.91 Å². The maximum Gasteiger partial charge on any atom is 0.261 e. The van der Waals surface area contributed by atoms with Crippen LogP contribution in [0.3, 0.4) is 0 Å². The highest BCUT2D eigenvalue weighted by Gasteiger charge is 2.25. The smallest absolute Gasteiger partial charge is 0.261 e. The predicted octanol–water partition coefficient (Wildman–Crippen LogP) is 2.50. The first kappa shape index (κ1) is 16.0. The lowest BCUT2D eigenvalue weighted by molar-refractivity contribution is -0.128. The summed E-state index contributed by atoms with van der Waals surface area (Å²) in [6.07, 6.45) is 1.29. The Bertz CT molecular complexity index is 512. The number of rotatable bonds is 4. The molecule has 21 heavy (non-hydrogen) atoms. The van der Waals surface area contributed by atoms with Crippen LogP contribution in [-0.2, 0) is 4.79 Å². The van der Waals surface area contributed by atoms with Gasteiger partial charge in [0.15, 0.2) is 6.10 Å². The zero-order valence-corrected chi connectivity index (χ0v) is 12.9. The first-order chi connectivity index (χ1) is 9.97. The SMILES string of the molecule is CC(Oc1ccc(F)cc1Cl)C(=O)NC1CCCNC1C. The van der Waals surface area contributed by atoms with Crippen molar-refractivity contribution in [2.75, 3.05) is 6.54 Å². The van der Waals surface area contributed by atoms with E-state index in [2.05, 4.69) is 10.6 Å². The van der Waals surface area contributed by atoms with Gasteiger partial charge in [0.05, 0.1) is 5.02 Å². The fourth-order valence-corrected chi connectivity index (χ4v) is 2.57. The van der Waals surface area contributed by atoms with Crippen molar-refractivity contribution in [2.24, 2.45) is 0 Å². The van der Waals surface area contributed by atoms with E-state index < -0.39 is 11.9 Å². The molecule has 0 bridgehead atoms. The molecule has 4 nitrogen and oxygen atoms in total. The Balaban J connectivity index is 1.92. The molecular weight excluding hydrogens is 295 g/mol. The molecule has 1 aromatic carbocycles. The number of piperidine rings is 1. The molecule has 1 fully saturated rings. The number of amides is 1. The number of halogens is 2. The molecule has 0 spiro atoms. The third kappa shape index (κ3) is 4.32. The number of carbonyl (C=O) groups is 1. The third-order valence-corrected chi connectivity index (χ3v) is 3.95. The molecule has 0 aromatic heterocycles. The third-order valence-electron chi connectivity index (χ3n) is 3.66. The van der Waals surface area contributed by atoms with Gasteiger partial charge in [0.2, 0.25) is 0 Å². The maximum atomic E-state index is 13.0. The minimum Gasteiger partial charge on any atom is -0.479 e. The van der Waals surface area contributed by atoms with Crippen molar-refractivity contribution in [1.82, 2.24) is 10.6 Å². The molecule has 3 atom stereocenters. The molecule has 1 saturated heterocycles. The average molecular weight is 315 g/mol. The minimum atomic E-state index is -0.693. The molecule has 1 amide bonds. The number of benzene rings is 1. The number of nitrogens with one attached hydrogen (secondary N) is 2. The molecule has 1 aliphatic rings. The second-order valence-corrected chi connectivity index (χ2v) is 5.74. The Hall–Kier alpha value is -1.33. The minimum absolute atomic E-state index is 0.0981. The predicted molar refractivity (Wildman–Crippen MR) is 80.1 cm³/mol. The van der Waals surface area contributed by atoms with Crippen molar-refractivity contribution >= 4 is 17.5 Å². The van der Waals surface area contributed by atoms with Crippen LogP contribution < -0.4 is 15.4 Å². The summed E-state index contributed by atoms with van der Waals surface area (Å²) in [4.78, 5) is 12.2. The fraction of sp³-hybridized carbons (Fsp3) is 0.533. The molecule has 0 saturated carbocycles. The molecule has 2 N–H and O–H groups in total. The van der Waals surface area contributed by atoms with E-state index in [0.717, 1.165) is 25.5 Å². The Kier molecular flexibility index (Phi) is 5.42. The zero-order valence-electron chi connectivity index (χ0n) is 12.2. The lowest BCUT2D eigenvalue weighted by Gasteiger charge is -2.31. The second-order valence-electron chi connectivity index (χ2n) is 5.33. The van der Waals surface area contributed by atoms with Crippen LogP contribution in [0.15, 0.2) is 18.2 Å². The molecule has 3 unspecified atom stereocenters. The summed E-state index contributed by atoms with van der Waals surface area (Å²) in [6.45, 7) is 4.67. The van der Waals surface area contributed by atoms with Gasteiger partial charge in [-0.05, 0) is 51.4 Å². The van der Waals surface area contributed by atoms with E-state index in [0.29, 0.717) is 5.75 Å². The van der Waals surface area contributed by atoms with Gasteiger partial charge in [-0.3, -0.25) is 4.79 Å². The van der Waals surface area contributed by atoms with Crippen molar-refractivity contribution in [1.29, 1.82) is 0 Å². The highest BCUT2D eigenvalue weighted by molar-refractivity contribution is 6.32. The van der Waals surface area contributed by atoms with Crippen LogP contribution >= 0.6 is 11.6 Å². The quantitative estimate of drug-likeness (QED) is 0.898. The summed E-state index contributed by atoms with van der Waals surface area (Å²) in [5, 5.41) is 6.45. The number of ether oxygens (including phenoxy) is 1.